The fourth-order valence-electron chi connectivity index (χ4n) is 2.01. The average Bonchev–Trinajstić information content (AvgIpc) is 2.57. The van der Waals surface area contributed by atoms with Gasteiger partial charge in [0, 0.05) is 11.8 Å². The predicted molar refractivity (Wildman–Crippen MR) is 83.9 cm³/mol. The molecule has 0 spiro atoms. The Bertz CT molecular complexity index is 806. The number of methoxy groups -OCH3 is 1. The highest BCUT2D eigenvalue weighted by Gasteiger charge is 2.15. The Morgan fingerprint density at radius 1 is 1.05 bits per heavy atom. The van der Waals surface area contributed by atoms with Crippen molar-refractivity contribution in [1.29, 1.82) is 0 Å². The van der Waals surface area contributed by atoms with E-state index >= 15 is 0 Å². The lowest BCUT2D eigenvalue weighted by Crippen LogP contribution is -2.02. The maximum Gasteiger partial charge on any atom is 0.178 e. The number of nitrogen functional groups attached to an aromatic ring is 2. The Morgan fingerprint density at radius 3 is 2.64 bits per heavy atom. The van der Waals surface area contributed by atoms with Crippen LogP contribution in [0.1, 0.15) is 0 Å². The third-order valence-electron chi connectivity index (χ3n) is 3.06. The SMILES string of the molecule is COc1cnc(-c2ccccn2)nc1-c1cc(N)cnc1N. The average molecular weight is 294 g/mol. The molecule has 0 amide bonds. The van der Waals surface area contributed by atoms with E-state index in [2.05, 4.69) is 19.9 Å². The number of pyridine rings is 2. The van der Waals surface area contributed by atoms with E-state index in [1.165, 1.54) is 6.20 Å². The zero-order chi connectivity index (χ0) is 15.5. The van der Waals surface area contributed by atoms with Crippen LogP contribution in [0.4, 0.5) is 11.5 Å². The molecule has 0 saturated carbocycles. The Morgan fingerprint density at radius 2 is 1.91 bits per heavy atom. The van der Waals surface area contributed by atoms with Gasteiger partial charge in [0.2, 0.25) is 0 Å². The lowest BCUT2D eigenvalue weighted by Gasteiger charge is -2.11. The highest BCUT2D eigenvalue weighted by atomic mass is 16.5. The Labute approximate surface area is 127 Å². The molecule has 0 aromatic carbocycles. The first-order chi connectivity index (χ1) is 10.7. The van der Waals surface area contributed by atoms with Crippen LogP contribution in [-0.4, -0.2) is 27.0 Å². The van der Waals surface area contributed by atoms with E-state index in [1.54, 1.807) is 25.6 Å². The van der Waals surface area contributed by atoms with E-state index in [0.717, 1.165) is 0 Å². The van der Waals surface area contributed by atoms with Gasteiger partial charge in [-0.2, -0.15) is 0 Å². The quantitative estimate of drug-likeness (QED) is 0.756. The normalized spacial score (nSPS) is 10.4. The largest absolute Gasteiger partial charge is 0.493 e. The van der Waals surface area contributed by atoms with Crippen LogP contribution >= 0.6 is 0 Å². The zero-order valence-corrected chi connectivity index (χ0v) is 11.9. The molecule has 0 saturated heterocycles. The first-order valence-corrected chi connectivity index (χ1v) is 6.53. The smallest absolute Gasteiger partial charge is 0.178 e. The van der Waals surface area contributed by atoms with Crippen LogP contribution in [0.2, 0.25) is 0 Å². The highest BCUT2D eigenvalue weighted by molar-refractivity contribution is 5.78. The Kier molecular flexibility index (Phi) is 3.53. The first-order valence-electron chi connectivity index (χ1n) is 6.53. The maximum absolute atomic E-state index is 5.94. The van der Waals surface area contributed by atoms with Gasteiger partial charge in [-0.15, -0.1) is 0 Å². The standard InChI is InChI=1S/C15H14N6O/c1-22-12-8-20-15(11-4-2-3-5-18-11)21-13(12)10-6-9(16)7-19-14(10)17/h2-8H,16H2,1H3,(H2,17,19). The van der Waals surface area contributed by atoms with Gasteiger partial charge in [-0.25, -0.2) is 15.0 Å². The molecule has 3 aromatic rings. The summed E-state index contributed by atoms with van der Waals surface area (Å²) in [7, 11) is 1.54. The summed E-state index contributed by atoms with van der Waals surface area (Å²) in [6.45, 7) is 0. The third kappa shape index (κ3) is 2.51. The monoisotopic (exact) mass is 294 g/mol. The molecule has 3 aromatic heterocycles. The molecule has 0 aliphatic heterocycles. The molecule has 0 atom stereocenters. The van der Waals surface area contributed by atoms with Crippen LogP contribution in [-0.2, 0) is 0 Å². The van der Waals surface area contributed by atoms with Crippen LogP contribution in [0.15, 0.2) is 42.9 Å². The molecule has 7 heteroatoms. The Hall–Kier alpha value is -3.22. The van der Waals surface area contributed by atoms with E-state index in [1.807, 2.05) is 18.2 Å². The molecule has 7 nitrogen and oxygen atoms in total. The van der Waals surface area contributed by atoms with Crippen molar-refractivity contribution < 1.29 is 4.74 Å². The van der Waals surface area contributed by atoms with Crippen molar-refractivity contribution in [2.45, 2.75) is 0 Å². The van der Waals surface area contributed by atoms with Gasteiger partial charge in [-0.3, -0.25) is 4.98 Å². The van der Waals surface area contributed by atoms with Crippen molar-refractivity contribution in [3.63, 3.8) is 0 Å². The highest BCUT2D eigenvalue weighted by Crippen LogP contribution is 2.32. The van der Waals surface area contributed by atoms with E-state index in [9.17, 15) is 0 Å². The zero-order valence-electron chi connectivity index (χ0n) is 11.9. The van der Waals surface area contributed by atoms with Crippen LogP contribution < -0.4 is 16.2 Å². The van der Waals surface area contributed by atoms with E-state index in [0.29, 0.717) is 40.0 Å². The minimum absolute atomic E-state index is 0.318. The number of hydrogen-bond acceptors (Lipinski definition) is 7. The molecule has 3 rings (SSSR count). The van der Waals surface area contributed by atoms with Gasteiger partial charge in [0.1, 0.15) is 17.2 Å². The summed E-state index contributed by atoms with van der Waals surface area (Å²) >= 11 is 0. The van der Waals surface area contributed by atoms with Gasteiger partial charge in [-0.05, 0) is 18.2 Å². The molecule has 3 heterocycles. The van der Waals surface area contributed by atoms with Crippen LogP contribution in [0.3, 0.4) is 0 Å². The second kappa shape index (κ2) is 5.65. The number of anilines is 2. The summed E-state index contributed by atoms with van der Waals surface area (Å²) in [5.74, 6) is 1.27. The second-order valence-corrected chi connectivity index (χ2v) is 4.53. The fourth-order valence-corrected chi connectivity index (χ4v) is 2.01. The first kappa shape index (κ1) is 13.7. The predicted octanol–water partition coefficient (Wildman–Crippen LogP) is 1.77. The lowest BCUT2D eigenvalue weighted by molar-refractivity contribution is 0.413. The fraction of sp³-hybridized carbons (Fsp3) is 0.0667. The van der Waals surface area contributed by atoms with Crippen molar-refractivity contribution in [2.75, 3.05) is 18.6 Å². The summed E-state index contributed by atoms with van der Waals surface area (Å²) in [5, 5.41) is 0. The number of aromatic nitrogens is 4. The molecule has 0 bridgehead atoms. The van der Waals surface area contributed by atoms with Crippen molar-refractivity contribution in [3.8, 4) is 28.5 Å². The van der Waals surface area contributed by atoms with Crippen molar-refractivity contribution in [2.24, 2.45) is 0 Å². The summed E-state index contributed by atoms with van der Waals surface area (Å²) in [6.07, 6.45) is 4.75. The summed E-state index contributed by atoms with van der Waals surface area (Å²) in [5.41, 5.74) is 14.0. The lowest BCUT2D eigenvalue weighted by atomic mass is 10.1. The molecule has 0 fully saturated rings. The van der Waals surface area contributed by atoms with Gasteiger partial charge in [0.25, 0.3) is 0 Å². The molecular formula is C15H14N6O. The van der Waals surface area contributed by atoms with Gasteiger partial charge >= 0.3 is 0 Å². The number of nitrogens with two attached hydrogens (primary N) is 2. The van der Waals surface area contributed by atoms with Gasteiger partial charge < -0.3 is 16.2 Å². The van der Waals surface area contributed by atoms with Crippen molar-refractivity contribution in [3.05, 3.63) is 42.9 Å². The third-order valence-corrected chi connectivity index (χ3v) is 3.06. The molecule has 0 aliphatic rings. The van der Waals surface area contributed by atoms with Crippen LogP contribution in [0.5, 0.6) is 5.75 Å². The summed E-state index contributed by atoms with van der Waals surface area (Å²) in [6, 6.07) is 7.22. The van der Waals surface area contributed by atoms with Crippen molar-refractivity contribution >= 4 is 11.5 Å². The van der Waals surface area contributed by atoms with E-state index in [4.69, 9.17) is 16.2 Å². The maximum atomic E-state index is 5.94. The summed E-state index contributed by atoms with van der Waals surface area (Å²) in [4.78, 5) is 17.1. The molecule has 0 unspecified atom stereocenters. The minimum Gasteiger partial charge on any atom is -0.493 e. The number of nitrogens with zero attached hydrogens (tertiary/aromatic N) is 4. The topological polar surface area (TPSA) is 113 Å². The second-order valence-electron chi connectivity index (χ2n) is 4.53. The molecule has 0 radical (unpaired) electrons. The van der Waals surface area contributed by atoms with Gasteiger partial charge in [0.05, 0.1) is 25.2 Å². The van der Waals surface area contributed by atoms with Gasteiger partial charge in [-0.1, -0.05) is 6.07 Å². The molecule has 22 heavy (non-hydrogen) atoms. The van der Waals surface area contributed by atoms with Gasteiger partial charge in [0.15, 0.2) is 11.6 Å². The number of hydrogen-bond donors (Lipinski definition) is 2. The Balaban J connectivity index is 2.19. The van der Waals surface area contributed by atoms with Crippen LogP contribution in [0.25, 0.3) is 22.8 Å². The number of rotatable bonds is 3. The van der Waals surface area contributed by atoms with Crippen LogP contribution in [0, 0.1) is 0 Å². The minimum atomic E-state index is 0.318. The number of ether oxygens (including phenoxy) is 1. The molecule has 110 valence electrons. The summed E-state index contributed by atoms with van der Waals surface area (Å²) < 4.78 is 5.32. The molecule has 4 N–H and O–H groups in total. The van der Waals surface area contributed by atoms with Crippen molar-refractivity contribution in [1.82, 2.24) is 19.9 Å². The molecular weight excluding hydrogens is 280 g/mol. The van der Waals surface area contributed by atoms with E-state index < -0.39 is 0 Å². The van der Waals surface area contributed by atoms with E-state index in [-0.39, 0.29) is 0 Å². The molecule has 0 aliphatic carbocycles.